The number of carboxylic acids is 2. The molecule has 1 aromatic carbocycles. The van der Waals surface area contributed by atoms with E-state index in [1.165, 1.54) is 34.6 Å². The first-order valence-corrected chi connectivity index (χ1v) is 16.8. The van der Waals surface area contributed by atoms with E-state index in [1.54, 1.807) is 17.6 Å². The summed E-state index contributed by atoms with van der Waals surface area (Å²) in [6, 6.07) is 2.49. The Morgan fingerprint density at radius 1 is 1.09 bits per heavy atom. The van der Waals surface area contributed by atoms with Crippen molar-refractivity contribution in [3.63, 3.8) is 0 Å². The Hall–Kier alpha value is -2.56. The van der Waals surface area contributed by atoms with Gasteiger partial charge in [-0.15, -0.1) is 11.8 Å². The van der Waals surface area contributed by atoms with Crippen molar-refractivity contribution in [2.24, 2.45) is 11.8 Å². The topological polar surface area (TPSA) is 167 Å². The number of nitrogens with zero attached hydrogens (tertiary/aromatic N) is 4. The van der Waals surface area contributed by atoms with Gasteiger partial charge in [-0.25, -0.2) is 14.0 Å². The summed E-state index contributed by atoms with van der Waals surface area (Å²) in [6.45, 7) is 5.28. The van der Waals surface area contributed by atoms with Crippen molar-refractivity contribution in [2.75, 3.05) is 42.6 Å². The molecule has 4 unspecified atom stereocenters. The zero-order chi connectivity index (χ0) is 32.3. The summed E-state index contributed by atoms with van der Waals surface area (Å²) < 4.78 is 17.1. The zero-order valence-electron chi connectivity index (χ0n) is 25.7. The summed E-state index contributed by atoms with van der Waals surface area (Å²) in [7, 11) is 0. The predicted molar refractivity (Wildman–Crippen MR) is 169 cm³/mol. The van der Waals surface area contributed by atoms with Crippen LogP contribution in [-0.2, 0) is 9.59 Å². The van der Waals surface area contributed by atoms with Crippen molar-refractivity contribution in [1.29, 1.82) is 5.41 Å². The Morgan fingerprint density at radius 3 is 2.35 bits per heavy atom. The third-order valence-electron chi connectivity index (χ3n) is 9.07. The van der Waals surface area contributed by atoms with Crippen molar-refractivity contribution < 1.29 is 63.7 Å². The second-order valence-electron chi connectivity index (χ2n) is 11.9. The number of halogens is 1. The van der Waals surface area contributed by atoms with E-state index in [4.69, 9.17) is 5.41 Å². The number of carbonyl (C=O) groups is 3. The Bertz CT molecular complexity index is 1710. The van der Waals surface area contributed by atoms with Gasteiger partial charge in [-0.2, -0.15) is 0 Å². The van der Waals surface area contributed by atoms with Crippen LogP contribution in [0.4, 0.5) is 10.1 Å². The number of fused-ring (bicyclic) bond motifs is 2. The number of anilines is 1. The van der Waals surface area contributed by atoms with Gasteiger partial charge in [0.05, 0.1) is 29.3 Å². The standard InChI is InChI=1S/C30H34FN5O7S2.Na/c1-14-23-22(15(2)37)27(39)36(23)24(29(42)43)26(14)44-9-10-45-30(32)34-7-5-33(6-8-34)21-12-20-17(11-19(21)31)25(38)18(28(40)41)13-35(20)16-3-4-16;/h11-16,22-23,32,37H,3-10H2,1-2H3,(H,40,41)(H,42,43);/q;+1. The average Bonchev–Trinajstić information content (AvgIpc) is 3.80. The van der Waals surface area contributed by atoms with Crippen LogP contribution in [-0.4, -0.2) is 103 Å². The van der Waals surface area contributed by atoms with Crippen molar-refractivity contribution in [3.05, 3.63) is 50.5 Å². The number of nitrogens with one attached hydrogen (secondary N) is 1. The van der Waals surface area contributed by atoms with Gasteiger partial charge in [-0.1, -0.05) is 18.7 Å². The molecule has 1 aliphatic carbocycles. The molecule has 46 heavy (non-hydrogen) atoms. The minimum Gasteiger partial charge on any atom is -0.477 e. The molecule has 4 aliphatic rings. The molecular weight excluding hydrogens is 648 g/mol. The molecule has 6 rings (SSSR count). The number of amides is 1. The van der Waals surface area contributed by atoms with Gasteiger partial charge in [0.2, 0.25) is 11.3 Å². The number of aliphatic hydroxyl groups excluding tert-OH is 1. The monoisotopic (exact) mass is 682 g/mol. The second kappa shape index (κ2) is 13.5. The first-order valence-electron chi connectivity index (χ1n) is 14.8. The fraction of sp³-hybridized carbons (Fsp3) is 0.500. The van der Waals surface area contributed by atoms with Gasteiger partial charge in [-0.3, -0.25) is 15.0 Å². The molecule has 4 atom stereocenters. The fourth-order valence-electron chi connectivity index (χ4n) is 6.66. The number of carboxylic acid groups (broad SMARTS) is 2. The number of hydrogen-bond acceptors (Lipinski definition) is 9. The van der Waals surface area contributed by atoms with E-state index >= 15 is 4.39 Å². The normalized spacial score (nSPS) is 23.3. The molecule has 3 fully saturated rings. The van der Waals surface area contributed by atoms with Gasteiger partial charge < -0.3 is 34.6 Å². The molecule has 1 aromatic heterocycles. The van der Waals surface area contributed by atoms with E-state index in [-0.39, 0.29) is 70.1 Å². The number of piperazine rings is 1. The third-order valence-corrected chi connectivity index (χ3v) is 11.6. The van der Waals surface area contributed by atoms with Gasteiger partial charge in [0.25, 0.3) is 0 Å². The molecular formula is C30H34FN5NaO7S2+. The van der Waals surface area contributed by atoms with E-state index in [2.05, 4.69) is 0 Å². The Kier molecular flexibility index (Phi) is 10.2. The maximum Gasteiger partial charge on any atom is 1.00 e. The minimum absolute atomic E-state index is 0. The molecule has 1 amide bonds. The molecule has 240 valence electrons. The first-order chi connectivity index (χ1) is 21.4. The van der Waals surface area contributed by atoms with Crippen LogP contribution in [0.25, 0.3) is 10.9 Å². The molecule has 4 N–H and O–H groups in total. The van der Waals surface area contributed by atoms with E-state index in [9.17, 15) is 34.5 Å². The smallest absolute Gasteiger partial charge is 0.477 e. The molecule has 3 aliphatic heterocycles. The van der Waals surface area contributed by atoms with E-state index in [0.29, 0.717) is 59.0 Å². The van der Waals surface area contributed by atoms with Crippen LogP contribution >= 0.6 is 23.5 Å². The SMILES string of the molecule is CC(O)C1C(=O)N2C(C(=O)O)=C(SCCSC(=N)N3CCN(c4cc5c(cc4F)c(=O)c(C(=O)O)cn5C4CC4)CC3)C(C)C12.[Na+]. The summed E-state index contributed by atoms with van der Waals surface area (Å²) in [5.74, 6) is -3.19. The number of benzene rings is 1. The molecule has 16 heteroatoms. The number of rotatable bonds is 9. The summed E-state index contributed by atoms with van der Waals surface area (Å²) in [4.78, 5) is 54.6. The fourth-order valence-corrected chi connectivity index (χ4v) is 8.82. The summed E-state index contributed by atoms with van der Waals surface area (Å²) >= 11 is 2.71. The molecule has 4 heterocycles. The number of carbonyl (C=O) groups excluding carboxylic acids is 1. The number of thioether (sulfide) groups is 2. The number of aliphatic hydroxyl groups is 1. The van der Waals surface area contributed by atoms with Gasteiger partial charge >= 0.3 is 41.5 Å². The number of β-lactam (4-membered cyclic amide) rings is 1. The summed E-state index contributed by atoms with van der Waals surface area (Å²) in [5, 5.41) is 38.3. The van der Waals surface area contributed by atoms with Crippen molar-refractivity contribution in [2.45, 2.75) is 44.9 Å². The van der Waals surface area contributed by atoms with Gasteiger partial charge in [0.1, 0.15) is 17.1 Å². The van der Waals surface area contributed by atoms with Gasteiger partial charge in [0.15, 0.2) is 5.17 Å². The van der Waals surface area contributed by atoms with Crippen LogP contribution in [0, 0.1) is 23.1 Å². The largest absolute Gasteiger partial charge is 1.00 e. The maximum atomic E-state index is 15.3. The summed E-state index contributed by atoms with van der Waals surface area (Å²) in [6.07, 6.45) is 2.23. The number of aliphatic carboxylic acids is 1. The number of aromatic carboxylic acids is 1. The Balaban J connectivity index is 0.00000417. The number of pyridine rings is 1. The van der Waals surface area contributed by atoms with Gasteiger partial charge in [-0.05, 0) is 31.9 Å². The van der Waals surface area contributed by atoms with E-state index in [1.807, 2.05) is 16.7 Å². The third kappa shape index (κ3) is 6.10. The summed E-state index contributed by atoms with van der Waals surface area (Å²) in [5.41, 5.74) is -0.225. The van der Waals surface area contributed by atoms with Crippen LogP contribution < -0.4 is 39.9 Å². The predicted octanol–water partition coefficient (Wildman–Crippen LogP) is -0.145. The minimum atomic E-state index is -1.33. The van der Waals surface area contributed by atoms with Crippen LogP contribution in [0.3, 0.4) is 0 Å². The molecule has 2 aromatic rings. The molecule has 0 spiro atoms. The Morgan fingerprint density at radius 2 is 1.76 bits per heavy atom. The van der Waals surface area contributed by atoms with Crippen LogP contribution in [0.15, 0.2) is 33.7 Å². The number of aromatic nitrogens is 1. The first kappa shape index (κ1) is 34.8. The van der Waals surface area contributed by atoms with Crippen molar-refractivity contribution >= 4 is 63.1 Å². The zero-order valence-corrected chi connectivity index (χ0v) is 29.4. The average molecular weight is 683 g/mol. The molecule has 2 saturated heterocycles. The van der Waals surface area contributed by atoms with Crippen molar-refractivity contribution in [3.8, 4) is 0 Å². The maximum absolute atomic E-state index is 15.3. The second-order valence-corrected chi connectivity index (χ2v) is 14.1. The van der Waals surface area contributed by atoms with Crippen LogP contribution in [0.1, 0.15) is 43.1 Å². The van der Waals surface area contributed by atoms with Crippen LogP contribution in [0.5, 0.6) is 0 Å². The van der Waals surface area contributed by atoms with Crippen LogP contribution in [0.2, 0.25) is 0 Å². The number of amidine groups is 1. The van der Waals surface area contributed by atoms with Gasteiger partial charge in [0, 0.05) is 66.1 Å². The molecule has 0 bridgehead atoms. The van der Waals surface area contributed by atoms with E-state index in [0.717, 1.165) is 18.9 Å². The molecule has 12 nitrogen and oxygen atoms in total. The number of hydrogen-bond donors (Lipinski definition) is 4. The molecule has 0 radical (unpaired) electrons. The Labute approximate surface area is 294 Å². The van der Waals surface area contributed by atoms with E-state index < -0.39 is 35.2 Å². The quantitative estimate of drug-likeness (QED) is 0.0914. The molecule has 1 saturated carbocycles. The van der Waals surface area contributed by atoms with Crippen molar-refractivity contribution in [1.82, 2.24) is 14.4 Å².